The number of benzene rings is 1. The number of thiophene rings is 1. The van der Waals surface area contributed by atoms with Crippen LogP contribution in [0.5, 0.6) is 0 Å². The third kappa shape index (κ3) is 3.18. The second-order valence-electron chi connectivity index (χ2n) is 5.83. The lowest BCUT2D eigenvalue weighted by Gasteiger charge is -2.19. The highest BCUT2D eigenvalue weighted by atomic mass is 32.2. The number of H-pyrrole nitrogens is 1. The van der Waals surface area contributed by atoms with Gasteiger partial charge in [0, 0.05) is 29.9 Å². The van der Waals surface area contributed by atoms with Crippen LogP contribution in [0, 0.1) is 0 Å². The van der Waals surface area contributed by atoms with Crippen molar-refractivity contribution in [1.29, 1.82) is 0 Å². The van der Waals surface area contributed by atoms with E-state index in [2.05, 4.69) is 9.97 Å². The summed E-state index contributed by atoms with van der Waals surface area (Å²) in [5.41, 5.74) is 2.08. The molecule has 3 aromatic heterocycles. The van der Waals surface area contributed by atoms with Gasteiger partial charge in [0.2, 0.25) is 0 Å². The highest BCUT2D eigenvalue weighted by Crippen LogP contribution is 2.34. The van der Waals surface area contributed by atoms with Gasteiger partial charge in [0.25, 0.3) is 10.0 Å². The first-order valence-corrected chi connectivity index (χ1v) is 11.2. The molecule has 1 N–H and O–H groups in total. The number of nitrogens with zero attached hydrogens (tertiary/aromatic N) is 2. The molecule has 4 rings (SSSR count). The predicted octanol–water partition coefficient (Wildman–Crippen LogP) is 3.92. The van der Waals surface area contributed by atoms with Crippen molar-refractivity contribution in [3.63, 3.8) is 0 Å². The zero-order chi connectivity index (χ0) is 19.0. The van der Waals surface area contributed by atoms with E-state index in [0.29, 0.717) is 16.3 Å². The average molecular weight is 418 g/mol. The lowest BCUT2D eigenvalue weighted by Crippen LogP contribution is -2.26. The number of fused-ring (bicyclic) bond motifs is 1. The fourth-order valence-corrected chi connectivity index (χ4v) is 6.00. The van der Waals surface area contributed by atoms with Crippen molar-refractivity contribution in [2.45, 2.75) is 10.6 Å². The second kappa shape index (κ2) is 6.91. The van der Waals surface area contributed by atoms with Gasteiger partial charge >= 0.3 is 0 Å². The maximum atomic E-state index is 12.9. The van der Waals surface area contributed by atoms with Crippen LogP contribution in [0.25, 0.3) is 21.6 Å². The van der Waals surface area contributed by atoms with Gasteiger partial charge in [-0.05, 0) is 23.6 Å². The molecule has 0 radical (unpaired) electrons. The Morgan fingerprint density at radius 3 is 2.85 bits per heavy atom. The Balaban J connectivity index is 1.78. The summed E-state index contributed by atoms with van der Waals surface area (Å²) in [7, 11) is -2.07. The summed E-state index contributed by atoms with van der Waals surface area (Å²) in [6.45, 7) is 0. The molecular formula is C18H15N3O3S3. The van der Waals surface area contributed by atoms with Crippen LogP contribution in [0.4, 0.5) is 5.69 Å². The molecule has 0 spiro atoms. The fourth-order valence-electron chi connectivity index (χ4n) is 2.80. The number of thiazole rings is 1. The summed E-state index contributed by atoms with van der Waals surface area (Å²) >= 11 is 2.63. The van der Waals surface area contributed by atoms with Crippen LogP contribution in [0.3, 0.4) is 0 Å². The van der Waals surface area contributed by atoms with Gasteiger partial charge in [-0.25, -0.2) is 13.4 Å². The first kappa shape index (κ1) is 17.9. The fraction of sp³-hybridized carbons (Fsp3) is 0.111. The molecule has 0 saturated carbocycles. The van der Waals surface area contributed by atoms with Crippen molar-refractivity contribution in [2.75, 3.05) is 11.4 Å². The number of carbonyl (C=O) groups is 1. The molecule has 0 atom stereocenters. The van der Waals surface area contributed by atoms with Crippen LogP contribution in [0.15, 0.2) is 52.2 Å². The van der Waals surface area contributed by atoms with Crippen molar-refractivity contribution in [3.05, 3.63) is 52.9 Å². The average Bonchev–Trinajstić information content (AvgIpc) is 3.39. The van der Waals surface area contributed by atoms with Crippen LogP contribution >= 0.6 is 22.7 Å². The topological polar surface area (TPSA) is 83.1 Å². The van der Waals surface area contributed by atoms with Crippen LogP contribution in [0.1, 0.15) is 4.88 Å². The van der Waals surface area contributed by atoms with Crippen LogP contribution < -0.4 is 4.31 Å². The Morgan fingerprint density at radius 1 is 1.26 bits per heavy atom. The minimum atomic E-state index is -3.62. The van der Waals surface area contributed by atoms with Gasteiger partial charge in [0.05, 0.1) is 16.9 Å². The summed E-state index contributed by atoms with van der Waals surface area (Å²) in [6, 6.07) is 10.8. The zero-order valence-electron chi connectivity index (χ0n) is 14.2. The smallest absolute Gasteiger partial charge is 0.273 e. The molecule has 0 aliphatic carbocycles. The molecule has 0 amide bonds. The van der Waals surface area contributed by atoms with E-state index in [1.54, 1.807) is 36.8 Å². The Labute approximate surface area is 164 Å². The van der Waals surface area contributed by atoms with Gasteiger partial charge in [0.15, 0.2) is 0 Å². The van der Waals surface area contributed by atoms with Crippen molar-refractivity contribution < 1.29 is 13.2 Å². The molecule has 1 aromatic carbocycles. The van der Waals surface area contributed by atoms with E-state index < -0.39 is 10.0 Å². The second-order valence-corrected chi connectivity index (χ2v) is 10.1. The lowest BCUT2D eigenvalue weighted by atomic mass is 10.2. The molecular weight excluding hydrogens is 402 g/mol. The van der Waals surface area contributed by atoms with Crippen LogP contribution in [-0.2, 0) is 21.2 Å². The minimum absolute atomic E-state index is 0.298. The zero-order valence-corrected chi connectivity index (χ0v) is 16.7. The molecule has 6 nitrogen and oxygen atoms in total. The highest BCUT2D eigenvalue weighted by Gasteiger charge is 2.24. The number of hydrogen-bond acceptors (Lipinski definition) is 6. The van der Waals surface area contributed by atoms with Crippen molar-refractivity contribution >= 4 is 55.6 Å². The third-order valence-corrected chi connectivity index (χ3v) is 8.35. The predicted molar refractivity (Wildman–Crippen MR) is 109 cm³/mol. The molecule has 0 aliphatic rings. The Bertz CT molecular complexity index is 1210. The van der Waals surface area contributed by atoms with Gasteiger partial charge in [-0.15, -0.1) is 22.7 Å². The monoisotopic (exact) mass is 417 g/mol. The number of nitrogens with one attached hydrogen (secondary N) is 1. The minimum Gasteiger partial charge on any atom is -0.351 e. The number of aromatic amines is 1. The molecule has 3 heterocycles. The summed E-state index contributed by atoms with van der Waals surface area (Å²) in [5, 5.41) is 3.40. The Hall–Kier alpha value is -2.49. The number of aromatic nitrogens is 2. The summed E-state index contributed by atoms with van der Waals surface area (Å²) in [4.78, 5) is 19.2. The number of carbonyl (C=O) groups excluding carboxylic acids is 1. The standard InChI is InChI=1S/C18H15N3O3S3/c1-21(27(23,24)16-6-3-9-25-16)15-5-2-4-12-10-14(20-17(12)15)18-19-11-13(26-18)7-8-22/h2-6,8-11,20H,7H2,1H3. The van der Waals surface area contributed by atoms with Crippen molar-refractivity contribution in [3.8, 4) is 10.7 Å². The van der Waals surface area contributed by atoms with Gasteiger partial charge < -0.3 is 9.78 Å². The van der Waals surface area contributed by atoms with Gasteiger partial charge in [-0.1, -0.05) is 18.2 Å². The summed E-state index contributed by atoms with van der Waals surface area (Å²) in [6.07, 6.45) is 2.88. The summed E-state index contributed by atoms with van der Waals surface area (Å²) in [5.74, 6) is 0. The summed E-state index contributed by atoms with van der Waals surface area (Å²) < 4.78 is 27.3. The molecule has 0 saturated heterocycles. The maximum absolute atomic E-state index is 12.9. The normalized spacial score (nSPS) is 11.7. The van der Waals surface area contributed by atoms with Gasteiger partial charge in [-0.2, -0.15) is 0 Å². The Kier molecular flexibility index (Phi) is 4.58. The number of aldehydes is 1. The molecule has 0 bridgehead atoms. The number of sulfonamides is 1. The van der Waals surface area contributed by atoms with Crippen LogP contribution in [0.2, 0.25) is 0 Å². The van der Waals surface area contributed by atoms with Crippen molar-refractivity contribution in [1.82, 2.24) is 9.97 Å². The molecule has 4 aromatic rings. The maximum Gasteiger partial charge on any atom is 0.273 e. The number of anilines is 1. The van der Waals surface area contributed by atoms with E-state index >= 15 is 0 Å². The Morgan fingerprint density at radius 2 is 2.11 bits per heavy atom. The molecule has 138 valence electrons. The first-order chi connectivity index (χ1) is 13.0. The molecule has 9 heteroatoms. The van der Waals surface area contributed by atoms with E-state index in [4.69, 9.17) is 0 Å². The first-order valence-electron chi connectivity index (χ1n) is 8.03. The van der Waals surface area contributed by atoms with E-state index in [9.17, 15) is 13.2 Å². The quantitative estimate of drug-likeness (QED) is 0.482. The molecule has 0 fully saturated rings. The van der Waals surface area contributed by atoms with E-state index in [0.717, 1.165) is 32.8 Å². The number of rotatable bonds is 6. The van der Waals surface area contributed by atoms with E-state index in [-0.39, 0.29) is 0 Å². The number of para-hydroxylation sites is 1. The third-order valence-electron chi connectivity index (χ3n) is 4.15. The highest BCUT2D eigenvalue weighted by molar-refractivity contribution is 7.94. The largest absolute Gasteiger partial charge is 0.351 e. The SMILES string of the molecule is CN(c1cccc2cc(-c3ncc(CC=O)s3)[nH]c12)S(=O)(=O)c1cccs1. The molecule has 27 heavy (non-hydrogen) atoms. The van der Waals surface area contributed by atoms with E-state index in [1.807, 2.05) is 18.2 Å². The lowest BCUT2D eigenvalue weighted by molar-refractivity contribution is -0.107. The van der Waals surface area contributed by atoms with E-state index in [1.165, 1.54) is 27.0 Å². The molecule has 0 aliphatic heterocycles. The van der Waals surface area contributed by atoms with Gasteiger partial charge in [-0.3, -0.25) is 4.31 Å². The van der Waals surface area contributed by atoms with Crippen molar-refractivity contribution in [2.24, 2.45) is 0 Å². The molecule has 0 unspecified atom stereocenters. The van der Waals surface area contributed by atoms with Gasteiger partial charge in [0.1, 0.15) is 15.5 Å². The van der Waals surface area contributed by atoms with Crippen LogP contribution in [-0.4, -0.2) is 31.7 Å². The number of hydrogen-bond donors (Lipinski definition) is 1.